The van der Waals surface area contributed by atoms with Gasteiger partial charge >= 0.3 is 0 Å². The van der Waals surface area contributed by atoms with Crippen LogP contribution in [0.3, 0.4) is 0 Å². The molecule has 19 heavy (non-hydrogen) atoms. The van der Waals surface area contributed by atoms with E-state index < -0.39 is 0 Å². The molecule has 3 heteroatoms. The molecule has 0 aliphatic heterocycles. The number of aryl methyl sites for hydroxylation is 1. The van der Waals surface area contributed by atoms with Gasteiger partial charge in [-0.15, -0.1) is 0 Å². The van der Waals surface area contributed by atoms with E-state index in [1.165, 1.54) is 16.5 Å². The van der Waals surface area contributed by atoms with Crippen LogP contribution in [-0.4, -0.2) is 6.04 Å². The van der Waals surface area contributed by atoms with Crippen molar-refractivity contribution in [1.82, 2.24) is 0 Å². The summed E-state index contributed by atoms with van der Waals surface area (Å²) >= 11 is 1.67. The summed E-state index contributed by atoms with van der Waals surface area (Å²) in [6.45, 7) is 4.02. The van der Waals surface area contributed by atoms with Gasteiger partial charge in [-0.1, -0.05) is 30.0 Å². The van der Waals surface area contributed by atoms with Gasteiger partial charge in [0.2, 0.25) is 0 Å². The molecule has 1 unspecified atom stereocenters. The molecule has 0 aliphatic rings. The Kier molecular flexibility index (Phi) is 4.61. The summed E-state index contributed by atoms with van der Waals surface area (Å²) in [6, 6.07) is 13.2. The van der Waals surface area contributed by atoms with E-state index in [1.54, 1.807) is 17.8 Å². The predicted molar refractivity (Wildman–Crippen MR) is 79.1 cm³/mol. The molecule has 0 spiro atoms. The summed E-state index contributed by atoms with van der Waals surface area (Å²) in [4.78, 5) is 2.27. The lowest BCUT2D eigenvalue weighted by molar-refractivity contribution is 0.620. The zero-order valence-corrected chi connectivity index (χ0v) is 12.0. The van der Waals surface area contributed by atoms with E-state index in [0.717, 1.165) is 10.5 Å². The van der Waals surface area contributed by atoms with E-state index in [-0.39, 0.29) is 11.9 Å². The van der Waals surface area contributed by atoms with Crippen molar-refractivity contribution in [2.24, 2.45) is 5.73 Å². The highest BCUT2D eigenvalue weighted by Gasteiger charge is 2.09. The summed E-state index contributed by atoms with van der Waals surface area (Å²) in [7, 11) is 0. The fraction of sp³-hybridized carbons (Fsp3) is 0.250. The first-order valence-corrected chi connectivity index (χ1v) is 7.15. The van der Waals surface area contributed by atoms with E-state index >= 15 is 0 Å². The Morgan fingerprint density at radius 1 is 1.16 bits per heavy atom. The van der Waals surface area contributed by atoms with Crippen molar-refractivity contribution in [3.8, 4) is 0 Å². The van der Waals surface area contributed by atoms with Gasteiger partial charge in [-0.3, -0.25) is 0 Å². The zero-order chi connectivity index (χ0) is 13.8. The minimum Gasteiger partial charge on any atom is -0.328 e. The van der Waals surface area contributed by atoms with Crippen molar-refractivity contribution in [2.75, 3.05) is 0 Å². The fourth-order valence-electron chi connectivity index (χ4n) is 1.94. The van der Waals surface area contributed by atoms with Gasteiger partial charge in [-0.25, -0.2) is 4.39 Å². The maximum absolute atomic E-state index is 13.4. The Labute approximate surface area is 118 Å². The molecule has 0 aromatic heterocycles. The van der Waals surface area contributed by atoms with Crippen LogP contribution in [0.2, 0.25) is 0 Å². The molecule has 0 amide bonds. The van der Waals surface area contributed by atoms with Crippen LogP contribution in [0.15, 0.2) is 52.3 Å². The topological polar surface area (TPSA) is 26.0 Å². The van der Waals surface area contributed by atoms with Crippen molar-refractivity contribution in [3.63, 3.8) is 0 Å². The third-order valence-corrected chi connectivity index (χ3v) is 4.17. The third-order valence-electron chi connectivity index (χ3n) is 2.88. The molecule has 2 N–H and O–H groups in total. The number of hydrogen-bond acceptors (Lipinski definition) is 2. The molecule has 0 saturated carbocycles. The van der Waals surface area contributed by atoms with Crippen LogP contribution >= 0.6 is 11.8 Å². The Bertz CT molecular complexity index is 566. The molecule has 0 aliphatic carbocycles. The second kappa shape index (κ2) is 6.22. The lowest BCUT2D eigenvalue weighted by atomic mass is 10.1. The first kappa shape index (κ1) is 14.1. The normalized spacial score (nSPS) is 12.4. The summed E-state index contributed by atoms with van der Waals surface area (Å²) in [5, 5.41) is 0. The van der Waals surface area contributed by atoms with Gasteiger partial charge in [0.05, 0.1) is 0 Å². The molecule has 0 heterocycles. The van der Waals surface area contributed by atoms with Gasteiger partial charge in [0.15, 0.2) is 0 Å². The molecule has 0 saturated heterocycles. The van der Waals surface area contributed by atoms with Crippen molar-refractivity contribution in [1.29, 1.82) is 0 Å². The Hall–Kier alpha value is -1.32. The molecule has 2 rings (SSSR count). The highest BCUT2D eigenvalue weighted by molar-refractivity contribution is 7.99. The van der Waals surface area contributed by atoms with Crippen LogP contribution < -0.4 is 5.73 Å². The summed E-state index contributed by atoms with van der Waals surface area (Å²) in [6.07, 6.45) is 0.686. The third kappa shape index (κ3) is 3.82. The number of rotatable bonds is 4. The maximum atomic E-state index is 13.4. The molecular weight excluding hydrogens is 257 g/mol. The van der Waals surface area contributed by atoms with E-state index in [4.69, 9.17) is 5.73 Å². The predicted octanol–water partition coefficient (Wildman–Crippen LogP) is 4.18. The van der Waals surface area contributed by atoms with Crippen LogP contribution in [0.25, 0.3) is 0 Å². The Morgan fingerprint density at radius 3 is 2.58 bits per heavy atom. The minimum absolute atomic E-state index is 0.0259. The van der Waals surface area contributed by atoms with Crippen LogP contribution in [0.1, 0.15) is 18.1 Å². The second-order valence-corrected chi connectivity index (χ2v) is 5.88. The number of halogens is 1. The first-order valence-electron chi connectivity index (χ1n) is 6.34. The molecule has 0 bridgehead atoms. The Morgan fingerprint density at radius 2 is 1.89 bits per heavy atom. The van der Waals surface area contributed by atoms with Gasteiger partial charge in [-0.05, 0) is 55.7 Å². The molecule has 0 radical (unpaired) electrons. The van der Waals surface area contributed by atoms with Crippen molar-refractivity contribution in [3.05, 3.63) is 59.4 Å². The van der Waals surface area contributed by atoms with Crippen LogP contribution in [0.5, 0.6) is 0 Å². The maximum Gasteiger partial charge on any atom is 0.123 e. The lowest BCUT2D eigenvalue weighted by Crippen LogP contribution is -2.18. The molecule has 2 aromatic rings. The zero-order valence-electron chi connectivity index (χ0n) is 11.2. The summed E-state index contributed by atoms with van der Waals surface area (Å²) in [5.74, 6) is -0.204. The van der Waals surface area contributed by atoms with E-state index in [0.29, 0.717) is 6.42 Å². The van der Waals surface area contributed by atoms with E-state index in [1.807, 2.05) is 25.1 Å². The van der Waals surface area contributed by atoms with Crippen molar-refractivity contribution in [2.45, 2.75) is 36.1 Å². The van der Waals surface area contributed by atoms with Gasteiger partial charge in [0.1, 0.15) is 5.82 Å². The van der Waals surface area contributed by atoms with E-state index in [9.17, 15) is 4.39 Å². The second-order valence-electron chi connectivity index (χ2n) is 4.80. The Balaban J connectivity index is 2.32. The van der Waals surface area contributed by atoms with Crippen molar-refractivity contribution < 1.29 is 4.39 Å². The average molecular weight is 275 g/mol. The fourth-order valence-corrected chi connectivity index (χ4v) is 2.97. The monoisotopic (exact) mass is 275 g/mol. The van der Waals surface area contributed by atoms with Crippen LogP contribution in [-0.2, 0) is 6.42 Å². The van der Waals surface area contributed by atoms with E-state index in [2.05, 4.69) is 19.1 Å². The lowest BCUT2D eigenvalue weighted by Gasteiger charge is -2.12. The van der Waals surface area contributed by atoms with Gasteiger partial charge < -0.3 is 5.73 Å². The average Bonchev–Trinajstić information content (AvgIpc) is 2.34. The molecular formula is C16H18FNS. The highest BCUT2D eigenvalue weighted by Crippen LogP contribution is 2.33. The van der Waals surface area contributed by atoms with Crippen LogP contribution in [0, 0.1) is 12.7 Å². The van der Waals surface area contributed by atoms with Gasteiger partial charge in [-0.2, -0.15) is 0 Å². The molecule has 100 valence electrons. The summed E-state index contributed by atoms with van der Waals surface area (Å²) < 4.78 is 13.4. The minimum atomic E-state index is -0.204. The smallest absolute Gasteiger partial charge is 0.123 e. The SMILES string of the molecule is Cc1ccccc1Sc1ccc(F)cc1CC(C)N. The summed E-state index contributed by atoms with van der Waals surface area (Å²) in [5.41, 5.74) is 8.04. The molecule has 0 fully saturated rings. The van der Waals surface area contributed by atoms with Gasteiger partial charge in [0, 0.05) is 15.8 Å². The van der Waals surface area contributed by atoms with Gasteiger partial charge in [0.25, 0.3) is 0 Å². The largest absolute Gasteiger partial charge is 0.328 e. The standard InChI is InChI=1S/C16H18FNS/c1-11-5-3-4-6-15(11)19-16-8-7-14(17)10-13(16)9-12(2)18/h3-8,10,12H,9,18H2,1-2H3. The number of nitrogens with two attached hydrogens (primary N) is 1. The van der Waals surface area contributed by atoms with Crippen molar-refractivity contribution >= 4 is 11.8 Å². The van der Waals surface area contributed by atoms with Crippen LogP contribution in [0.4, 0.5) is 4.39 Å². The number of hydrogen-bond donors (Lipinski definition) is 1. The molecule has 1 atom stereocenters. The molecule has 2 aromatic carbocycles. The first-order chi connectivity index (χ1) is 9.06. The quantitative estimate of drug-likeness (QED) is 0.906. The molecule has 1 nitrogen and oxygen atoms in total. The number of benzene rings is 2. The highest BCUT2D eigenvalue weighted by atomic mass is 32.2.